The summed E-state index contributed by atoms with van der Waals surface area (Å²) in [7, 11) is 3.36. The molecule has 182 valence electrons. The SMILES string of the molecule is COc1cccc(CN(Cc2cccc(OC)c2)c2nc(CNCCn3ccccc3=O)cs2)c1. The van der Waals surface area contributed by atoms with Gasteiger partial charge in [0.05, 0.1) is 19.9 Å². The third-order valence-corrected chi connectivity index (χ3v) is 6.51. The summed E-state index contributed by atoms with van der Waals surface area (Å²) in [6, 6.07) is 21.4. The van der Waals surface area contributed by atoms with Crippen molar-refractivity contribution in [3.8, 4) is 11.5 Å². The zero-order valence-corrected chi connectivity index (χ0v) is 20.8. The molecule has 0 atom stereocenters. The second kappa shape index (κ2) is 12.2. The van der Waals surface area contributed by atoms with Gasteiger partial charge in [0.15, 0.2) is 5.13 Å². The fraction of sp³-hybridized carbons (Fsp3) is 0.259. The molecule has 0 fully saturated rings. The van der Waals surface area contributed by atoms with Gasteiger partial charge in [0.2, 0.25) is 0 Å². The summed E-state index contributed by atoms with van der Waals surface area (Å²) in [5.74, 6) is 1.68. The lowest BCUT2D eigenvalue weighted by atomic mass is 10.1. The molecular weight excluding hydrogens is 460 g/mol. The third kappa shape index (κ3) is 6.94. The first-order chi connectivity index (χ1) is 17.1. The lowest BCUT2D eigenvalue weighted by Gasteiger charge is -2.23. The van der Waals surface area contributed by atoms with E-state index in [-0.39, 0.29) is 5.56 Å². The molecule has 0 amide bonds. The summed E-state index contributed by atoms with van der Waals surface area (Å²) >= 11 is 1.63. The molecule has 1 N–H and O–H groups in total. The molecule has 7 nitrogen and oxygen atoms in total. The van der Waals surface area contributed by atoms with E-state index in [4.69, 9.17) is 14.5 Å². The van der Waals surface area contributed by atoms with Crippen LogP contribution in [0.5, 0.6) is 11.5 Å². The number of aromatic nitrogens is 2. The van der Waals surface area contributed by atoms with E-state index in [0.29, 0.717) is 32.7 Å². The number of methoxy groups -OCH3 is 2. The van der Waals surface area contributed by atoms with Gasteiger partial charge < -0.3 is 24.3 Å². The lowest BCUT2D eigenvalue weighted by molar-refractivity contribution is 0.414. The van der Waals surface area contributed by atoms with Crippen molar-refractivity contribution in [3.63, 3.8) is 0 Å². The van der Waals surface area contributed by atoms with Crippen molar-refractivity contribution < 1.29 is 9.47 Å². The smallest absolute Gasteiger partial charge is 0.250 e. The summed E-state index contributed by atoms with van der Waals surface area (Å²) in [5.41, 5.74) is 3.29. The monoisotopic (exact) mass is 490 g/mol. The minimum Gasteiger partial charge on any atom is -0.497 e. The highest BCUT2D eigenvalue weighted by Crippen LogP contribution is 2.26. The van der Waals surface area contributed by atoms with Crippen LogP contribution < -0.4 is 25.2 Å². The highest BCUT2D eigenvalue weighted by atomic mass is 32.1. The van der Waals surface area contributed by atoms with E-state index in [9.17, 15) is 4.79 Å². The Morgan fingerprint density at radius 2 is 1.63 bits per heavy atom. The van der Waals surface area contributed by atoms with Crippen LogP contribution in [0.25, 0.3) is 0 Å². The molecule has 2 heterocycles. The van der Waals surface area contributed by atoms with E-state index in [1.165, 1.54) is 0 Å². The second-order valence-electron chi connectivity index (χ2n) is 8.09. The number of hydrogen-bond acceptors (Lipinski definition) is 7. The van der Waals surface area contributed by atoms with Crippen LogP contribution in [0.2, 0.25) is 0 Å². The van der Waals surface area contributed by atoms with Crippen molar-refractivity contribution in [1.82, 2.24) is 14.9 Å². The zero-order valence-electron chi connectivity index (χ0n) is 20.0. The quantitative estimate of drug-likeness (QED) is 0.298. The second-order valence-corrected chi connectivity index (χ2v) is 8.93. The molecule has 0 radical (unpaired) electrons. The highest BCUT2D eigenvalue weighted by Gasteiger charge is 2.14. The van der Waals surface area contributed by atoms with Crippen molar-refractivity contribution >= 4 is 16.5 Å². The minimum absolute atomic E-state index is 0.0102. The molecule has 4 aromatic rings. The van der Waals surface area contributed by atoms with Crippen molar-refractivity contribution in [2.24, 2.45) is 0 Å². The molecule has 0 unspecified atom stereocenters. The minimum atomic E-state index is 0.0102. The molecule has 0 aliphatic carbocycles. The van der Waals surface area contributed by atoms with Crippen LogP contribution in [0.4, 0.5) is 5.13 Å². The van der Waals surface area contributed by atoms with E-state index in [2.05, 4.69) is 39.9 Å². The molecule has 0 aliphatic rings. The van der Waals surface area contributed by atoms with Gasteiger partial charge in [-0.1, -0.05) is 30.3 Å². The molecule has 0 saturated carbocycles. The predicted molar refractivity (Wildman–Crippen MR) is 140 cm³/mol. The Balaban J connectivity index is 1.45. The maximum Gasteiger partial charge on any atom is 0.250 e. The number of pyridine rings is 1. The maximum absolute atomic E-state index is 11.8. The molecular formula is C27H30N4O3S. The summed E-state index contributed by atoms with van der Waals surface area (Å²) in [5, 5.41) is 6.43. The Morgan fingerprint density at radius 1 is 0.943 bits per heavy atom. The fourth-order valence-electron chi connectivity index (χ4n) is 3.76. The standard InChI is InChI=1S/C27H30N4O3S/c1-33-24-9-5-7-21(15-24)18-31(19-22-8-6-10-25(16-22)34-2)27-29-23(20-35-27)17-28-12-14-30-13-4-3-11-26(30)32/h3-11,13,15-16,20,28H,12,14,17-19H2,1-2H3. The fourth-order valence-corrected chi connectivity index (χ4v) is 4.58. The first-order valence-electron chi connectivity index (χ1n) is 11.5. The van der Waals surface area contributed by atoms with Gasteiger partial charge in [-0.05, 0) is 41.5 Å². The number of ether oxygens (including phenoxy) is 2. The van der Waals surface area contributed by atoms with Gasteiger partial charge in [0.1, 0.15) is 11.5 Å². The number of rotatable bonds is 12. The number of nitrogens with one attached hydrogen (secondary N) is 1. The molecule has 4 rings (SSSR count). The van der Waals surface area contributed by atoms with Crippen LogP contribution >= 0.6 is 11.3 Å². The molecule has 0 aliphatic heterocycles. The van der Waals surface area contributed by atoms with Crippen molar-refractivity contribution in [2.45, 2.75) is 26.2 Å². The van der Waals surface area contributed by atoms with Crippen molar-refractivity contribution in [1.29, 1.82) is 0 Å². The number of nitrogens with zero attached hydrogens (tertiary/aromatic N) is 3. The topological polar surface area (TPSA) is 68.6 Å². The highest BCUT2D eigenvalue weighted by molar-refractivity contribution is 7.13. The number of benzene rings is 2. The molecule has 8 heteroatoms. The van der Waals surface area contributed by atoms with Crippen molar-refractivity contribution in [3.05, 3.63) is 105 Å². The Hall–Kier alpha value is -3.62. The summed E-state index contributed by atoms with van der Waals surface area (Å²) in [4.78, 5) is 19.0. The predicted octanol–water partition coefficient (Wildman–Crippen LogP) is 4.32. The van der Waals surface area contributed by atoms with Gasteiger partial charge in [-0.25, -0.2) is 4.98 Å². The van der Waals surface area contributed by atoms with Gasteiger partial charge in [0, 0.05) is 50.4 Å². The van der Waals surface area contributed by atoms with E-state index < -0.39 is 0 Å². The Labute approximate surface area is 209 Å². The average Bonchev–Trinajstić information content (AvgIpc) is 3.36. The van der Waals surface area contributed by atoms with E-state index in [1.807, 2.05) is 30.3 Å². The van der Waals surface area contributed by atoms with Gasteiger partial charge in [-0.15, -0.1) is 11.3 Å². The molecule has 35 heavy (non-hydrogen) atoms. The van der Waals surface area contributed by atoms with Crippen LogP contribution in [0.3, 0.4) is 0 Å². The molecule has 2 aromatic carbocycles. The summed E-state index contributed by atoms with van der Waals surface area (Å²) in [6.45, 7) is 3.35. The van der Waals surface area contributed by atoms with Crippen LogP contribution in [-0.2, 0) is 26.2 Å². The Morgan fingerprint density at radius 3 is 2.26 bits per heavy atom. The van der Waals surface area contributed by atoms with Crippen LogP contribution in [0.15, 0.2) is 83.1 Å². The van der Waals surface area contributed by atoms with Gasteiger partial charge in [-0.2, -0.15) is 0 Å². The summed E-state index contributed by atoms with van der Waals surface area (Å²) < 4.78 is 12.5. The number of anilines is 1. The first kappa shape index (κ1) is 24.5. The number of thiazole rings is 1. The largest absolute Gasteiger partial charge is 0.497 e. The first-order valence-corrected chi connectivity index (χ1v) is 12.3. The van der Waals surface area contributed by atoms with Gasteiger partial charge >= 0.3 is 0 Å². The molecule has 0 spiro atoms. The lowest BCUT2D eigenvalue weighted by Crippen LogP contribution is -2.26. The van der Waals surface area contributed by atoms with E-state index in [1.54, 1.807) is 48.5 Å². The molecule has 0 saturated heterocycles. The normalized spacial score (nSPS) is 10.8. The average molecular weight is 491 g/mol. The third-order valence-electron chi connectivity index (χ3n) is 5.56. The molecule has 0 bridgehead atoms. The van der Waals surface area contributed by atoms with Crippen LogP contribution in [0, 0.1) is 0 Å². The Bertz CT molecular complexity index is 1240. The molecule has 2 aromatic heterocycles. The van der Waals surface area contributed by atoms with E-state index >= 15 is 0 Å². The van der Waals surface area contributed by atoms with Gasteiger partial charge in [0.25, 0.3) is 5.56 Å². The van der Waals surface area contributed by atoms with Crippen LogP contribution in [-0.4, -0.2) is 30.3 Å². The van der Waals surface area contributed by atoms with E-state index in [0.717, 1.165) is 33.5 Å². The van der Waals surface area contributed by atoms with Crippen molar-refractivity contribution in [2.75, 3.05) is 25.7 Å². The summed E-state index contributed by atoms with van der Waals surface area (Å²) in [6.07, 6.45) is 1.81. The van der Waals surface area contributed by atoms with Crippen LogP contribution in [0.1, 0.15) is 16.8 Å². The number of hydrogen-bond donors (Lipinski definition) is 1. The Kier molecular flexibility index (Phi) is 8.53. The zero-order chi connectivity index (χ0) is 24.5. The maximum atomic E-state index is 11.8. The van der Waals surface area contributed by atoms with Gasteiger partial charge in [-0.3, -0.25) is 4.79 Å².